The summed E-state index contributed by atoms with van der Waals surface area (Å²) in [4.78, 5) is 4.65. The molecule has 132 valence electrons. The Hall–Kier alpha value is -1.56. The van der Waals surface area contributed by atoms with Crippen LogP contribution in [0.15, 0.2) is 11.2 Å². The molecule has 1 unspecified atom stereocenters. The van der Waals surface area contributed by atoms with Crippen LogP contribution in [0.1, 0.15) is 45.4 Å². The van der Waals surface area contributed by atoms with Crippen molar-refractivity contribution in [2.75, 3.05) is 26.7 Å². The van der Waals surface area contributed by atoms with Crippen molar-refractivity contribution >= 4 is 5.96 Å². The standard InChI is InChI=1S/C17H33N5O/c1-7-18-16(20-12-15(23-6)17(3,4)5)19-10-8-9-14-11-21-22-13(14)2/h11,15H,7-10,12H2,1-6H3,(H,21,22)(H2,18,19,20). The molecule has 23 heavy (non-hydrogen) atoms. The highest BCUT2D eigenvalue weighted by Crippen LogP contribution is 2.21. The highest BCUT2D eigenvalue weighted by atomic mass is 16.5. The number of methoxy groups -OCH3 is 1. The van der Waals surface area contributed by atoms with Crippen LogP contribution in [-0.4, -0.2) is 49.0 Å². The number of nitrogens with zero attached hydrogens (tertiary/aromatic N) is 2. The van der Waals surface area contributed by atoms with Gasteiger partial charge in [0.15, 0.2) is 5.96 Å². The van der Waals surface area contributed by atoms with Crippen molar-refractivity contribution in [1.29, 1.82) is 0 Å². The van der Waals surface area contributed by atoms with Gasteiger partial charge in [-0.3, -0.25) is 10.1 Å². The lowest BCUT2D eigenvalue weighted by Gasteiger charge is -2.28. The van der Waals surface area contributed by atoms with Gasteiger partial charge in [-0.15, -0.1) is 0 Å². The third-order valence-electron chi connectivity index (χ3n) is 3.86. The van der Waals surface area contributed by atoms with E-state index in [0.717, 1.165) is 37.6 Å². The van der Waals surface area contributed by atoms with Crippen molar-refractivity contribution in [3.8, 4) is 0 Å². The average Bonchev–Trinajstić information content (AvgIpc) is 2.88. The van der Waals surface area contributed by atoms with Crippen molar-refractivity contribution in [2.45, 2.75) is 53.6 Å². The van der Waals surface area contributed by atoms with Crippen LogP contribution in [0, 0.1) is 12.3 Å². The molecule has 0 saturated heterocycles. The van der Waals surface area contributed by atoms with Gasteiger partial charge in [-0.25, -0.2) is 0 Å². The van der Waals surface area contributed by atoms with E-state index in [1.54, 1.807) is 7.11 Å². The normalized spacial score (nSPS) is 13.9. The number of H-pyrrole nitrogens is 1. The molecular formula is C17H33N5O. The number of rotatable bonds is 8. The number of nitrogens with one attached hydrogen (secondary N) is 3. The van der Waals surface area contributed by atoms with Gasteiger partial charge in [0.25, 0.3) is 0 Å². The predicted molar refractivity (Wildman–Crippen MR) is 95.9 cm³/mol. The van der Waals surface area contributed by atoms with E-state index in [4.69, 9.17) is 4.74 Å². The Morgan fingerprint density at radius 3 is 2.65 bits per heavy atom. The number of aryl methyl sites for hydroxylation is 2. The molecule has 0 aliphatic rings. The highest BCUT2D eigenvalue weighted by molar-refractivity contribution is 5.79. The molecule has 3 N–H and O–H groups in total. The van der Waals surface area contributed by atoms with Gasteiger partial charge in [0.05, 0.1) is 18.8 Å². The molecule has 0 saturated carbocycles. The molecule has 6 heteroatoms. The number of hydrogen-bond donors (Lipinski definition) is 3. The second kappa shape index (κ2) is 9.55. The smallest absolute Gasteiger partial charge is 0.191 e. The van der Waals surface area contributed by atoms with Crippen LogP contribution < -0.4 is 10.6 Å². The van der Waals surface area contributed by atoms with Gasteiger partial charge in [0, 0.05) is 25.9 Å². The minimum Gasteiger partial charge on any atom is -0.379 e. The number of aromatic nitrogens is 2. The summed E-state index contributed by atoms with van der Waals surface area (Å²) in [7, 11) is 1.75. The van der Waals surface area contributed by atoms with Crippen LogP contribution >= 0.6 is 0 Å². The zero-order chi connectivity index (χ0) is 17.3. The third-order valence-corrected chi connectivity index (χ3v) is 3.86. The predicted octanol–water partition coefficient (Wildman–Crippen LogP) is 2.27. The SMILES string of the molecule is CCNC(=NCC(OC)C(C)(C)C)NCCCc1cn[nH]c1C. The minimum atomic E-state index is 0.0778. The maximum Gasteiger partial charge on any atom is 0.191 e. The van der Waals surface area contributed by atoms with Gasteiger partial charge in [-0.05, 0) is 37.7 Å². The number of hydrogen-bond acceptors (Lipinski definition) is 3. The maximum atomic E-state index is 5.56. The molecule has 0 amide bonds. The summed E-state index contributed by atoms with van der Waals surface area (Å²) in [6.07, 6.45) is 4.06. The molecule has 0 radical (unpaired) electrons. The molecule has 1 atom stereocenters. The van der Waals surface area contributed by atoms with Crippen LogP contribution in [0.5, 0.6) is 0 Å². The Labute approximate surface area is 140 Å². The Balaban J connectivity index is 2.44. The van der Waals surface area contributed by atoms with Gasteiger partial charge in [0.1, 0.15) is 0 Å². The second-order valence-corrected chi connectivity index (χ2v) is 6.86. The van der Waals surface area contributed by atoms with Gasteiger partial charge < -0.3 is 15.4 Å². The number of aromatic amines is 1. The number of ether oxygens (including phenoxy) is 1. The van der Waals surface area contributed by atoms with Gasteiger partial charge in [0.2, 0.25) is 0 Å². The van der Waals surface area contributed by atoms with E-state index in [1.807, 2.05) is 6.20 Å². The quantitative estimate of drug-likeness (QED) is 0.390. The first-order valence-corrected chi connectivity index (χ1v) is 8.42. The van der Waals surface area contributed by atoms with E-state index in [1.165, 1.54) is 5.56 Å². The lowest BCUT2D eigenvalue weighted by molar-refractivity contribution is 0.0241. The second-order valence-electron chi connectivity index (χ2n) is 6.86. The molecule has 0 aromatic carbocycles. The summed E-state index contributed by atoms with van der Waals surface area (Å²) in [5.74, 6) is 0.850. The van der Waals surface area contributed by atoms with Crippen LogP contribution in [0.25, 0.3) is 0 Å². The fourth-order valence-corrected chi connectivity index (χ4v) is 2.33. The largest absolute Gasteiger partial charge is 0.379 e. The fraction of sp³-hybridized carbons (Fsp3) is 0.765. The van der Waals surface area contributed by atoms with E-state index in [0.29, 0.717) is 6.54 Å². The summed E-state index contributed by atoms with van der Waals surface area (Å²) in [5, 5.41) is 13.7. The molecule has 6 nitrogen and oxygen atoms in total. The third kappa shape index (κ3) is 7.03. The monoisotopic (exact) mass is 323 g/mol. The van der Waals surface area contributed by atoms with Gasteiger partial charge >= 0.3 is 0 Å². The summed E-state index contributed by atoms with van der Waals surface area (Å²) in [6, 6.07) is 0. The van der Waals surface area contributed by atoms with E-state index in [2.05, 4.69) is 60.4 Å². The summed E-state index contributed by atoms with van der Waals surface area (Å²) >= 11 is 0. The minimum absolute atomic E-state index is 0.0778. The fourth-order valence-electron chi connectivity index (χ4n) is 2.33. The van der Waals surface area contributed by atoms with Crippen molar-refractivity contribution < 1.29 is 4.74 Å². The highest BCUT2D eigenvalue weighted by Gasteiger charge is 2.24. The summed E-state index contributed by atoms with van der Waals surface area (Å²) in [5.41, 5.74) is 2.51. The number of guanidine groups is 1. The Kier molecular flexibility index (Phi) is 8.09. The Morgan fingerprint density at radius 2 is 2.13 bits per heavy atom. The summed E-state index contributed by atoms with van der Waals surface area (Å²) in [6.45, 7) is 13.0. The Bertz CT molecular complexity index is 476. The lowest BCUT2D eigenvalue weighted by atomic mass is 9.89. The van der Waals surface area contributed by atoms with Gasteiger partial charge in [-0.2, -0.15) is 5.10 Å². The molecule has 0 aliphatic carbocycles. The van der Waals surface area contributed by atoms with E-state index in [9.17, 15) is 0 Å². The average molecular weight is 323 g/mol. The molecule has 1 aromatic rings. The molecule has 0 bridgehead atoms. The van der Waals surface area contributed by atoms with Crippen molar-refractivity contribution in [3.63, 3.8) is 0 Å². The van der Waals surface area contributed by atoms with Gasteiger partial charge in [-0.1, -0.05) is 20.8 Å². The molecule has 0 aliphatic heterocycles. The first kappa shape index (κ1) is 19.5. The zero-order valence-corrected chi connectivity index (χ0v) is 15.5. The molecule has 1 rings (SSSR count). The molecule has 0 fully saturated rings. The van der Waals surface area contributed by atoms with Crippen molar-refractivity contribution in [1.82, 2.24) is 20.8 Å². The molecular weight excluding hydrogens is 290 g/mol. The van der Waals surface area contributed by atoms with E-state index in [-0.39, 0.29) is 11.5 Å². The van der Waals surface area contributed by atoms with Crippen LogP contribution in [0.4, 0.5) is 0 Å². The maximum absolute atomic E-state index is 5.56. The lowest BCUT2D eigenvalue weighted by Crippen LogP contribution is -2.39. The number of aliphatic imine (C=N–C) groups is 1. The zero-order valence-electron chi connectivity index (χ0n) is 15.5. The Morgan fingerprint density at radius 1 is 1.39 bits per heavy atom. The molecule has 1 aromatic heterocycles. The summed E-state index contributed by atoms with van der Waals surface area (Å²) < 4.78 is 5.56. The van der Waals surface area contributed by atoms with Crippen molar-refractivity contribution in [2.24, 2.45) is 10.4 Å². The first-order valence-electron chi connectivity index (χ1n) is 8.42. The topological polar surface area (TPSA) is 74.3 Å². The molecule has 1 heterocycles. The van der Waals surface area contributed by atoms with Crippen LogP contribution in [0.3, 0.4) is 0 Å². The van der Waals surface area contributed by atoms with E-state index >= 15 is 0 Å². The van der Waals surface area contributed by atoms with Crippen LogP contribution in [0.2, 0.25) is 0 Å². The van der Waals surface area contributed by atoms with Crippen molar-refractivity contribution in [3.05, 3.63) is 17.5 Å². The first-order chi connectivity index (χ1) is 10.9. The van der Waals surface area contributed by atoms with Crippen LogP contribution in [-0.2, 0) is 11.2 Å². The molecule has 0 spiro atoms. The van der Waals surface area contributed by atoms with E-state index < -0.39 is 0 Å².